The first kappa shape index (κ1) is 13.5. The summed E-state index contributed by atoms with van der Waals surface area (Å²) in [5.74, 6) is -0.0437. The Labute approximate surface area is 116 Å². The quantitative estimate of drug-likeness (QED) is 0.776. The third kappa shape index (κ3) is 2.73. The van der Waals surface area contributed by atoms with Gasteiger partial charge in [-0.1, -0.05) is 23.2 Å². The molecule has 0 aromatic heterocycles. The zero-order chi connectivity index (χ0) is 13.1. The van der Waals surface area contributed by atoms with Crippen LogP contribution in [0.5, 0.6) is 5.75 Å². The summed E-state index contributed by atoms with van der Waals surface area (Å²) < 4.78 is 10.7. The van der Waals surface area contributed by atoms with Crippen molar-refractivity contribution in [2.75, 3.05) is 13.2 Å². The number of hydrogen-bond acceptors (Lipinski definition) is 3. The smallest absolute Gasteiger partial charge is 0.313 e. The van der Waals surface area contributed by atoms with Gasteiger partial charge >= 0.3 is 5.97 Å². The van der Waals surface area contributed by atoms with Gasteiger partial charge in [0.05, 0.1) is 24.2 Å². The van der Waals surface area contributed by atoms with Crippen molar-refractivity contribution >= 4 is 29.2 Å². The van der Waals surface area contributed by atoms with Gasteiger partial charge in [0.1, 0.15) is 5.75 Å². The van der Waals surface area contributed by atoms with Gasteiger partial charge in [-0.25, -0.2) is 0 Å². The van der Waals surface area contributed by atoms with Crippen LogP contribution in [0.25, 0.3) is 0 Å². The summed E-state index contributed by atoms with van der Waals surface area (Å²) >= 11 is 12.1. The summed E-state index contributed by atoms with van der Waals surface area (Å²) in [5.41, 5.74) is 0.725. The third-order valence-corrected chi connectivity index (χ3v) is 3.37. The van der Waals surface area contributed by atoms with Crippen LogP contribution < -0.4 is 4.74 Å². The number of esters is 1. The number of hydrogen-bond donors (Lipinski definition) is 0. The fraction of sp³-hybridized carbons (Fsp3) is 0.462. The first-order valence-corrected chi connectivity index (χ1v) is 6.67. The van der Waals surface area contributed by atoms with E-state index >= 15 is 0 Å². The maximum absolute atomic E-state index is 12.0. The van der Waals surface area contributed by atoms with E-state index in [1.807, 2.05) is 0 Å². The predicted molar refractivity (Wildman–Crippen MR) is 70.6 cm³/mol. The summed E-state index contributed by atoms with van der Waals surface area (Å²) in [5, 5.41) is 0.937. The highest BCUT2D eigenvalue weighted by Gasteiger charge is 2.29. The van der Waals surface area contributed by atoms with E-state index in [1.54, 1.807) is 19.1 Å². The Morgan fingerprint density at radius 1 is 1.50 bits per heavy atom. The van der Waals surface area contributed by atoms with Gasteiger partial charge in [0.2, 0.25) is 0 Å². The van der Waals surface area contributed by atoms with Crippen LogP contribution in [0.2, 0.25) is 10.0 Å². The Bertz CT molecular complexity index is 460. The fourth-order valence-electron chi connectivity index (χ4n) is 2.10. The van der Waals surface area contributed by atoms with Crippen LogP contribution in [0, 0.1) is 0 Å². The lowest BCUT2D eigenvalue weighted by Gasteiger charge is -2.16. The highest BCUT2D eigenvalue weighted by molar-refractivity contribution is 6.35. The number of halogens is 2. The lowest BCUT2D eigenvalue weighted by Crippen LogP contribution is -2.15. The molecule has 98 valence electrons. The topological polar surface area (TPSA) is 35.5 Å². The van der Waals surface area contributed by atoms with Gasteiger partial charge in [-0.05, 0) is 31.9 Å². The fourth-order valence-corrected chi connectivity index (χ4v) is 2.66. The van der Waals surface area contributed by atoms with E-state index in [2.05, 4.69) is 0 Å². The molecule has 1 aliphatic heterocycles. The Kier molecular flexibility index (Phi) is 4.36. The van der Waals surface area contributed by atoms with Crippen LogP contribution in [0.1, 0.15) is 31.2 Å². The molecule has 0 radical (unpaired) electrons. The largest absolute Gasteiger partial charge is 0.492 e. The van der Waals surface area contributed by atoms with Crippen molar-refractivity contribution in [2.45, 2.75) is 25.7 Å². The van der Waals surface area contributed by atoms with Crippen LogP contribution in [-0.2, 0) is 9.53 Å². The SMILES string of the molecule is CCOC(=O)C1CCCOc2c(Cl)cc(Cl)cc21. The second-order valence-corrected chi connectivity index (χ2v) is 4.94. The average molecular weight is 289 g/mol. The molecule has 1 aromatic carbocycles. The van der Waals surface area contributed by atoms with Gasteiger partial charge in [0.25, 0.3) is 0 Å². The standard InChI is InChI=1S/C13H14Cl2O3/c1-2-17-13(16)9-4-3-5-18-12-10(9)6-8(14)7-11(12)15/h6-7,9H,2-5H2,1H3. The van der Waals surface area contributed by atoms with E-state index in [0.29, 0.717) is 35.4 Å². The van der Waals surface area contributed by atoms with E-state index in [-0.39, 0.29) is 11.9 Å². The van der Waals surface area contributed by atoms with Gasteiger partial charge in [0, 0.05) is 10.6 Å². The van der Waals surface area contributed by atoms with Crippen molar-refractivity contribution in [1.29, 1.82) is 0 Å². The summed E-state index contributed by atoms with van der Waals surface area (Å²) in [7, 11) is 0. The molecule has 1 aliphatic rings. The molecule has 18 heavy (non-hydrogen) atoms. The number of carbonyl (C=O) groups is 1. The Hall–Kier alpha value is -0.930. The molecule has 5 heteroatoms. The van der Waals surface area contributed by atoms with E-state index in [0.717, 1.165) is 12.0 Å². The van der Waals surface area contributed by atoms with Crippen molar-refractivity contribution < 1.29 is 14.3 Å². The molecule has 0 aliphatic carbocycles. The monoisotopic (exact) mass is 288 g/mol. The van der Waals surface area contributed by atoms with E-state index in [1.165, 1.54) is 0 Å². The second kappa shape index (κ2) is 5.81. The Morgan fingerprint density at radius 3 is 3.00 bits per heavy atom. The molecule has 1 aromatic rings. The zero-order valence-corrected chi connectivity index (χ0v) is 11.6. The average Bonchev–Trinajstić information content (AvgIpc) is 2.51. The molecule has 0 spiro atoms. The maximum Gasteiger partial charge on any atom is 0.313 e. The van der Waals surface area contributed by atoms with Crippen molar-refractivity contribution in [3.05, 3.63) is 27.7 Å². The lowest BCUT2D eigenvalue weighted by molar-refractivity contribution is -0.145. The minimum atomic E-state index is -0.348. The van der Waals surface area contributed by atoms with Crippen molar-refractivity contribution in [3.63, 3.8) is 0 Å². The molecule has 0 saturated heterocycles. The third-order valence-electron chi connectivity index (χ3n) is 2.87. The van der Waals surface area contributed by atoms with Gasteiger partial charge in [-0.3, -0.25) is 4.79 Å². The molecule has 0 fully saturated rings. The van der Waals surface area contributed by atoms with Gasteiger partial charge in [0.15, 0.2) is 0 Å². The molecule has 1 atom stereocenters. The summed E-state index contributed by atoms with van der Waals surface area (Å²) in [6.07, 6.45) is 1.47. The molecule has 0 bridgehead atoms. The summed E-state index contributed by atoms with van der Waals surface area (Å²) in [6.45, 7) is 2.70. The molecule has 1 heterocycles. The van der Waals surface area contributed by atoms with Crippen LogP contribution in [-0.4, -0.2) is 19.2 Å². The van der Waals surface area contributed by atoms with E-state index < -0.39 is 0 Å². The molecule has 1 unspecified atom stereocenters. The highest BCUT2D eigenvalue weighted by Crippen LogP contribution is 2.40. The van der Waals surface area contributed by atoms with Gasteiger partial charge in [-0.15, -0.1) is 0 Å². The molecule has 0 N–H and O–H groups in total. The van der Waals surface area contributed by atoms with Crippen LogP contribution in [0.15, 0.2) is 12.1 Å². The number of ether oxygens (including phenoxy) is 2. The minimum absolute atomic E-state index is 0.248. The molecule has 0 amide bonds. The summed E-state index contributed by atoms with van der Waals surface area (Å²) in [6, 6.07) is 3.35. The summed E-state index contributed by atoms with van der Waals surface area (Å²) in [4.78, 5) is 12.0. The Balaban J connectivity index is 2.43. The highest BCUT2D eigenvalue weighted by atomic mass is 35.5. The van der Waals surface area contributed by atoms with Crippen LogP contribution in [0.3, 0.4) is 0 Å². The van der Waals surface area contributed by atoms with E-state index in [9.17, 15) is 4.79 Å². The Morgan fingerprint density at radius 2 is 2.28 bits per heavy atom. The zero-order valence-electron chi connectivity index (χ0n) is 10.0. The maximum atomic E-state index is 12.0. The normalized spacial score (nSPS) is 18.5. The first-order chi connectivity index (χ1) is 8.63. The van der Waals surface area contributed by atoms with Crippen molar-refractivity contribution in [2.24, 2.45) is 0 Å². The molecule has 0 saturated carbocycles. The number of carbonyl (C=O) groups excluding carboxylic acids is 1. The molecular weight excluding hydrogens is 275 g/mol. The second-order valence-electron chi connectivity index (χ2n) is 4.10. The van der Waals surface area contributed by atoms with Gasteiger partial charge < -0.3 is 9.47 Å². The van der Waals surface area contributed by atoms with Crippen molar-refractivity contribution in [3.8, 4) is 5.75 Å². The molecule has 3 nitrogen and oxygen atoms in total. The number of rotatable bonds is 2. The first-order valence-electron chi connectivity index (χ1n) is 5.92. The van der Waals surface area contributed by atoms with Crippen molar-refractivity contribution in [1.82, 2.24) is 0 Å². The van der Waals surface area contributed by atoms with Gasteiger partial charge in [-0.2, -0.15) is 0 Å². The number of fused-ring (bicyclic) bond motifs is 1. The minimum Gasteiger partial charge on any atom is -0.492 e. The van der Waals surface area contributed by atoms with E-state index in [4.69, 9.17) is 32.7 Å². The molecular formula is C13H14Cl2O3. The predicted octanol–water partition coefficient (Wildman–Crippen LogP) is 3.81. The van der Waals surface area contributed by atoms with Crippen LogP contribution in [0.4, 0.5) is 0 Å². The lowest BCUT2D eigenvalue weighted by atomic mass is 9.94. The molecule has 2 rings (SSSR count). The number of benzene rings is 1. The van der Waals surface area contributed by atoms with Crippen LogP contribution >= 0.6 is 23.2 Å².